The fourth-order valence-electron chi connectivity index (χ4n) is 2.92. The van der Waals surface area contributed by atoms with Gasteiger partial charge in [0.1, 0.15) is 12.1 Å². The van der Waals surface area contributed by atoms with Crippen LogP contribution in [0.4, 0.5) is 5.82 Å². The molecule has 2 N–H and O–H groups in total. The van der Waals surface area contributed by atoms with Gasteiger partial charge in [-0.05, 0) is 32.0 Å². The molecular weight excluding hydrogens is 412 g/mol. The molecule has 12 nitrogen and oxygen atoms in total. The van der Waals surface area contributed by atoms with Crippen LogP contribution in [0.3, 0.4) is 0 Å². The molecule has 4 rings (SSSR count). The first-order valence-corrected chi connectivity index (χ1v) is 9.91. The second kappa shape index (κ2) is 9.64. The highest BCUT2D eigenvalue weighted by Gasteiger charge is 2.07. The van der Waals surface area contributed by atoms with Crippen molar-refractivity contribution in [3.05, 3.63) is 60.4 Å². The van der Waals surface area contributed by atoms with Crippen molar-refractivity contribution in [2.45, 2.75) is 13.8 Å². The van der Waals surface area contributed by atoms with Crippen LogP contribution in [0.1, 0.15) is 11.4 Å². The van der Waals surface area contributed by atoms with E-state index in [0.29, 0.717) is 30.5 Å². The van der Waals surface area contributed by atoms with Crippen molar-refractivity contribution in [3.63, 3.8) is 0 Å². The van der Waals surface area contributed by atoms with Crippen molar-refractivity contribution in [1.82, 2.24) is 45.0 Å². The van der Waals surface area contributed by atoms with Crippen LogP contribution >= 0.6 is 0 Å². The van der Waals surface area contributed by atoms with Gasteiger partial charge in [-0.25, -0.2) is 19.3 Å². The third-order valence-electron chi connectivity index (χ3n) is 4.35. The molecule has 0 aromatic carbocycles. The van der Waals surface area contributed by atoms with Crippen LogP contribution in [0.2, 0.25) is 0 Å². The molecule has 4 aromatic rings. The van der Waals surface area contributed by atoms with Gasteiger partial charge in [-0.2, -0.15) is 10.2 Å². The summed E-state index contributed by atoms with van der Waals surface area (Å²) >= 11 is 0. The molecule has 12 heteroatoms. The van der Waals surface area contributed by atoms with Crippen LogP contribution in [-0.2, 0) is 4.79 Å². The fourth-order valence-corrected chi connectivity index (χ4v) is 2.92. The molecule has 1 amide bonds. The summed E-state index contributed by atoms with van der Waals surface area (Å²) in [7, 11) is 0. The Balaban J connectivity index is 1.19. The van der Waals surface area contributed by atoms with E-state index in [9.17, 15) is 4.79 Å². The van der Waals surface area contributed by atoms with Gasteiger partial charge in [0.15, 0.2) is 18.2 Å². The number of aryl methyl sites for hydroxylation is 2. The summed E-state index contributed by atoms with van der Waals surface area (Å²) < 4.78 is 8.70. The summed E-state index contributed by atoms with van der Waals surface area (Å²) in [4.78, 5) is 20.5. The summed E-state index contributed by atoms with van der Waals surface area (Å²) in [6.45, 7) is 4.61. The van der Waals surface area contributed by atoms with Crippen LogP contribution in [0.25, 0.3) is 11.6 Å². The molecule has 0 aliphatic carbocycles. The van der Waals surface area contributed by atoms with E-state index < -0.39 is 0 Å². The minimum absolute atomic E-state index is 0.161. The molecule has 32 heavy (non-hydrogen) atoms. The Hall–Kier alpha value is -4.35. The monoisotopic (exact) mass is 434 g/mol. The zero-order chi connectivity index (χ0) is 22.3. The number of amides is 1. The Morgan fingerprint density at radius 1 is 1.09 bits per heavy atom. The fraction of sp³-hybridized carbons (Fsp3) is 0.250. The van der Waals surface area contributed by atoms with Crippen molar-refractivity contribution >= 4 is 11.7 Å². The van der Waals surface area contributed by atoms with Gasteiger partial charge in [-0.1, -0.05) is 0 Å². The Labute approximate surface area is 183 Å². The third kappa shape index (κ3) is 5.22. The van der Waals surface area contributed by atoms with E-state index in [1.54, 1.807) is 46.0 Å². The lowest BCUT2D eigenvalue weighted by atomic mass is 10.4. The van der Waals surface area contributed by atoms with E-state index in [2.05, 4.69) is 41.0 Å². The Morgan fingerprint density at radius 3 is 2.72 bits per heavy atom. The van der Waals surface area contributed by atoms with Crippen LogP contribution < -0.4 is 15.4 Å². The quantitative estimate of drug-likeness (QED) is 0.367. The molecule has 0 saturated heterocycles. The smallest absolute Gasteiger partial charge is 0.258 e. The number of carbonyl (C=O) groups excluding carboxylic acids is 1. The van der Waals surface area contributed by atoms with Gasteiger partial charge in [0.25, 0.3) is 5.91 Å². The number of nitrogens with one attached hydrogen (secondary N) is 2. The average molecular weight is 434 g/mol. The van der Waals surface area contributed by atoms with Crippen LogP contribution in [0, 0.1) is 13.8 Å². The maximum atomic E-state index is 12.0. The summed E-state index contributed by atoms with van der Waals surface area (Å²) in [5.41, 5.74) is 1.90. The number of hydrogen-bond donors (Lipinski definition) is 2. The molecule has 0 bridgehead atoms. The van der Waals surface area contributed by atoms with Gasteiger partial charge in [-0.3, -0.25) is 4.79 Å². The van der Waals surface area contributed by atoms with Crippen molar-refractivity contribution in [2.75, 3.05) is 25.0 Å². The Bertz CT molecular complexity index is 1170. The maximum Gasteiger partial charge on any atom is 0.258 e. The van der Waals surface area contributed by atoms with Crippen molar-refractivity contribution in [2.24, 2.45) is 0 Å². The first kappa shape index (κ1) is 20.9. The molecule has 4 heterocycles. The van der Waals surface area contributed by atoms with Crippen molar-refractivity contribution in [1.29, 1.82) is 0 Å². The molecule has 0 radical (unpaired) electrons. The normalized spacial score (nSPS) is 10.7. The number of nitrogens with zero attached hydrogens (tertiary/aromatic N) is 8. The molecule has 0 spiro atoms. The predicted molar refractivity (Wildman–Crippen MR) is 115 cm³/mol. The summed E-state index contributed by atoms with van der Waals surface area (Å²) in [6, 6.07) is 8.91. The molecule has 0 fully saturated rings. The van der Waals surface area contributed by atoms with Crippen LogP contribution in [-0.4, -0.2) is 65.3 Å². The highest BCUT2D eigenvalue weighted by Crippen LogP contribution is 2.12. The minimum atomic E-state index is -0.268. The SMILES string of the molecule is Cc1cc(C)n(-c2cc(NCCNC(=O)COc3ccc(-n4cccn4)nn3)ncn2)n1. The lowest BCUT2D eigenvalue weighted by Crippen LogP contribution is -2.33. The van der Waals surface area contributed by atoms with Gasteiger partial charge in [0.2, 0.25) is 5.88 Å². The van der Waals surface area contributed by atoms with Crippen molar-refractivity contribution in [3.8, 4) is 17.5 Å². The molecule has 4 aromatic heterocycles. The maximum absolute atomic E-state index is 12.0. The molecule has 0 unspecified atom stereocenters. The molecule has 0 aliphatic rings. The van der Waals surface area contributed by atoms with Gasteiger partial charge in [0.05, 0.1) is 5.69 Å². The molecular formula is C20H22N10O2. The molecule has 164 valence electrons. The van der Waals surface area contributed by atoms with Gasteiger partial charge >= 0.3 is 0 Å². The number of aromatic nitrogens is 8. The third-order valence-corrected chi connectivity index (χ3v) is 4.35. The number of rotatable bonds is 9. The summed E-state index contributed by atoms with van der Waals surface area (Å²) in [5.74, 6) is 1.86. The topological polar surface area (TPSA) is 138 Å². The molecule has 0 atom stereocenters. The predicted octanol–water partition coefficient (Wildman–Crippen LogP) is 0.862. The van der Waals surface area contributed by atoms with Crippen LogP contribution in [0.5, 0.6) is 5.88 Å². The Morgan fingerprint density at radius 2 is 2.00 bits per heavy atom. The largest absolute Gasteiger partial charge is 0.466 e. The first-order chi connectivity index (χ1) is 15.6. The Kier molecular flexibility index (Phi) is 6.30. The van der Waals surface area contributed by atoms with E-state index in [-0.39, 0.29) is 18.4 Å². The van der Waals surface area contributed by atoms with E-state index in [1.807, 2.05) is 19.9 Å². The number of anilines is 1. The average Bonchev–Trinajstić information content (AvgIpc) is 3.45. The van der Waals surface area contributed by atoms with Gasteiger partial charge < -0.3 is 15.4 Å². The zero-order valence-electron chi connectivity index (χ0n) is 17.6. The van der Waals surface area contributed by atoms with Crippen molar-refractivity contribution < 1.29 is 9.53 Å². The molecule has 0 aliphatic heterocycles. The number of carbonyl (C=O) groups is 1. The second-order valence-electron chi connectivity index (χ2n) is 6.85. The van der Waals surface area contributed by atoms with E-state index in [4.69, 9.17) is 4.74 Å². The van der Waals surface area contributed by atoms with E-state index >= 15 is 0 Å². The van der Waals surface area contributed by atoms with Gasteiger partial charge in [-0.15, -0.1) is 10.2 Å². The standard InChI is InChI=1S/C20H22N10O2/c1-14-10-15(2)30(28-14)18-11-16(23-13-24-18)21-7-8-22-19(31)12-32-20-5-4-17(26-27-20)29-9-3-6-25-29/h3-6,9-11,13H,7-8,12H2,1-2H3,(H,22,31)(H,21,23,24). The van der Waals surface area contributed by atoms with E-state index in [1.165, 1.54) is 6.33 Å². The molecule has 0 saturated carbocycles. The first-order valence-electron chi connectivity index (χ1n) is 9.91. The minimum Gasteiger partial charge on any atom is -0.466 e. The number of hydrogen-bond acceptors (Lipinski definition) is 9. The summed E-state index contributed by atoms with van der Waals surface area (Å²) in [5, 5.41) is 22.4. The summed E-state index contributed by atoms with van der Waals surface area (Å²) in [6.07, 6.45) is 4.88. The van der Waals surface area contributed by atoms with Crippen LogP contribution in [0.15, 0.2) is 49.1 Å². The highest BCUT2D eigenvalue weighted by atomic mass is 16.5. The second-order valence-corrected chi connectivity index (χ2v) is 6.85. The number of ether oxygens (including phenoxy) is 1. The highest BCUT2D eigenvalue weighted by molar-refractivity contribution is 5.77. The van der Waals surface area contributed by atoms with Gasteiger partial charge in [0, 0.05) is 43.3 Å². The lowest BCUT2D eigenvalue weighted by molar-refractivity contribution is -0.123. The lowest BCUT2D eigenvalue weighted by Gasteiger charge is -2.09. The zero-order valence-corrected chi connectivity index (χ0v) is 17.6. The van der Waals surface area contributed by atoms with E-state index in [0.717, 1.165) is 11.4 Å².